The lowest BCUT2D eigenvalue weighted by Gasteiger charge is -2.36. The molecule has 18 heavy (non-hydrogen) atoms. The van der Waals surface area contributed by atoms with Crippen LogP contribution in [0.5, 0.6) is 0 Å². The van der Waals surface area contributed by atoms with Gasteiger partial charge in [-0.05, 0) is 38.1 Å². The van der Waals surface area contributed by atoms with Crippen molar-refractivity contribution in [2.75, 3.05) is 19.6 Å². The van der Waals surface area contributed by atoms with Gasteiger partial charge in [0.25, 0.3) is 0 Å². The van der Waals surface area contributed by atoms with Crippen LogP contribution in [0.1, 0.15) is 47.0 Å². The van der Waals surface area contributed by atoms with E-state index < -0.39 is 0 Å². The van der Waals surface area contributed by atoms with Gasteiger partial charge in [-0.2, -0.15) is 0 Å². The number of hydrogen-bond donors (Lipinski definition) is 1. The molecule has 0 aromatic heterocycles. The molecule has 3 heteroatoms. The number of hydrogen-bond acceptors (Lipinski definition) is 2. The van der Waals surface area contributed by atoms with Crippen LogP contribution >= 0.6 is 0 Å². The molecule has 0 bridgehead atoms. The van der Waals surface area contributed by atoms with E-state index in [2.05, 4.69) is 32.2 Å². The smallest absolute Gasteiger partial charge is 0.242 e. The van der Waals surface area contributed by atoms with Crippen LogP contribution in [-0.4, -0.2) is 36.0 Å². The molecule has 3 nitrogen and oxygen atoms in total. The van der Waals surface area contributed by atoms with Crippen molar-refractivity contribution >= 4 is 5.91 Å². The van der Waals surface area contributed by atoms with E-state index >= 15 is 0 Å². The zero-order valence-electron chi connectivity index (χ0n) is 12.2. The molecule has 2 aliphatic rings. The standard InChI is InChI=1S/C15H26N2O/c1-14(2,3)12-6-10-17(11-7-12)13(18)15(4)8-5-9-16-15/h6,16H,5,7-11H2,1-4H3. The molecule has 1 N–H and O–H groups in total. The molecule has 2 rings (SSSR count). The summed E-state index contributed by atoms with van der Waals surface area (Å²) < 4.78 is 0. The Kier molecular flexibility index (Phi) is 3.54. The zero-order valence-corrected chi connectivity index (χ0v) is 12.2. The molecule has 1 unspecified atom stereocenters. The molecule has 0 aromatic rings. The normalized spacial score (nSPS) is 29.3. The van der Waals surface area contributed by atoms with Gasteiger partial charge in [0.15, 0.2) is 0 Å². The number of nitrogens with zero attached hydrogens (tertiary/aromatic N) is 1. The molecular weight excluding hydrogens is 224 g/mol. The van der Waals surface area contributed by atoms with Gasteiger partial charge in [-0.1, -0.05) is 32.4 Å². The van der Waals surface area contributed by atoms with Crippen molar-refractivity contribution < 1.29 is 4.79 Å². The van der Waals surface area contributed by atoms with E-state index in [-0.39, 0.29) is 16.9 Å². The molecule has 1 saturated heterocycles. The Morgan fingerprint density at radius 2 is 2.17 bits per heavy atom. The van der Waals surface area contributed by atoms with Gasteiger partial charge in [0, 0.05) is 13.1 Å². The van der Waals surface area contributed by atoms with Crippen molar-refractivity contribution in [1.82, 2.24) is 10.2 Å². The summed E-state index contributed by atoms with van der Waals surface area (Å²) in [6.07, 6.45) is 5.35. The minimum atomic E-state index is -0.312. The van der Waals surface area contributed by atoms with Crippen molar-refractivity contribution in [2.45, 2.75) is 52.5 Å². The summed E-state index contributed by atoms with van der Waals surface area (Å²) in [5.74, 6) is 0.282. The van der Waals surface area contributed by atoms with E-state index in [0.717, 1.165) is 38.9 Å². The highest BCUT2D eigenvalue weighted by Crippen LogP contribution is 2.31. The molecule has 0 aliphatic carbocycles. The predicted molar refractivity (Wildman–Crippen MR) is 74.4 cm³/mol. The first-order valence-electron chi connectivity index (χ1n) is 7.07. The summed E-state index contributed by atoms with van der Waals surface area (Å²) in [7, 11) is 0. The highest BCUT2D eigenvalue weighted by atomic mass is 16.2. The summed E-state index contributed by atoms with van der Waals surface area (Å²) in [4.78, 5) is 14.5. The molecule has 1 atom stereocenters. The summed E-state index contributed by atoms with van der Waals surface area (Å²) in [6.45, 7) is 11.4. The maximum absolute atomic E-state index is 12.5. The van der Waals surface area contributed by atoms with Crippen LogP contribution in [0.15, 0.2) is 11.6 Å². The van der Waals surface area contributed by atoms with Gasteiger partial charge in [-0.3, -0.25) is 4.79 Å². The Morgan fingerprint density at radius 3 is 2.61 bits per heavy atom. The maximum Gasteiger partial charge on any atom is 0.242 e. The van der Waals surface area contributed by atoms with E-state index in [1.165, 1.54) is 5.57 Å². The molecule has 2 heterocycles. The summed E-state index contributed by atoms with van der Waals surface area (Å²) in [5.41, 5.74) is 1.41. The van der Waals surface area contributed by atoms with Crippen LogP contribution in [-0.2, 0) is 4.79 Å². The highest BCUT2D eigenvalue weighted by Gasteiger charge is 2.39. The Hall–Kier alpha value is -0.830. The van der Waals surface area contributed by atoms with E-state index in [9.17, 15) is 4.79 Å². The van der Waals surface area contributed by atoms with Crippen molar-refractivity contribution in [3.63, 3.8) is 0 Å². The third-order valence-corrected chi connectivity index (χ3v) is 4.30. The summed E-state index contributed by atoms with van der Waals surface area (Å²) in [6, 6.07) is 0. The van der Waals surface area contributed by atoms with Gasteiger partial charge in [0.05, 0.1) is 5.54 Å². The first kappa shape index (κ1) is 13.6. The Balaban J connectivity index is 2.02. The Morgan fingerprint density at radius 1 is 1.44 bits per heavy atom. The molecule has 0 radical (unpaired) electrons. The minimum Gasteiger partial charge on any atom is -0.337 e. The third kappa shape index (κ3) is 2.61. The molecule has 1 fully saturated rings. The highest BCUT2D eigenvalue weighted by molar-refractivity contribution is 5.86. The first-order valence-corrected chi connectivity index (χ1v) is 7.07. The molecule has 1 amide bonds. The van der Waals surface area contributed by atoms with Crippen molar-refractivity contribution in [1.29, 1.82) is 0 Å². The van der Waals surface area contributed by atoms with Crippen LogP contribution in [0.4, 0.5) is 0 Å². The van der Waals surface area contributed by atoms with E-state index in [0.29, 0.717) is 0 Å². The van der Waals surface area contributed by atoms with Gasteiger partial charge in [-0.25, -0.2) is 0 Å². The average molecular weight is 250 g/mol. The summed E-state index contributed by atoms with van der Waals surface area (Å²) >= 11 is 0. The fourth-order valence-electron chi connectivity index (χ4n) is 2.96. The number of carbonyl (C=O) groups is 1. The molecular formula is C15H26N2O. The predicted octanol–water partition coefficient (Wildman–Crippen LogP) is 2.33. The van der Waals surface area contributed by atoms with Gasteiger partial charge >= 0.3 is 0 Å². The number of nitrogens with one attached hydrogen (secondary N) is 1. The fraction of sp³-hybridized carbons (Fsp3) is 0.800. The SMILES string of the molecule is CC(C)(C)C1=CCN(C(=O)C2(C)CCCN2)CC1. The van der Waals surface area contributed by atoms with Crippen molar-refractivity contribution in [2.24, 2.45) is 5.41 Å². The van der Waals surface area contributed by atoms with Crippen LogP contribution in [0.25, 0.3) is 0 Å². The molecule has 2 aliphatic heterocycles. The van der Waals surface area contributed by atoms with E-state index in [1.54, 1.807) is 0 Å². The van der Waals surface area contributed by atoms with Crippen molar-refractivity contribution in [3.8, 4) is 0 Å². The average Bonchev–Trinajstić information content (AvgIpc) is 2.75. The lowest BCUT2D eigenvalue weighted by Crippen LogP contribution is -2.53. The number of amides is 1. The van der Waals surface area contributed by atoms with Crippen LogP contribution < -0.4 is 5.32 Å². The Bertz CT molecular complexity index is 359. The molecule has 0 aromatic carbocycles. The quantitative estimate of drug-likeness (QED) is 0.724. The van der Waals surface area contributed by atoms with E-state index in [1.807, 2.05) is 11.8 Å². The van der Waals surface area contributed by atoms with Gasteiger partial charge in [-0.15, -0.1) is 0 Å². The van der Waals surface area contributed by atoms with Crippen molar-refractivity contribution in [3.05, 3.63) is 11.6 Å². The lowest BCUT2D eigenvalue weighted by atomic mass is 9.82. The first-order chi connectivity index (χ1) is 8.33. The Labute approximate surface area is 111 Å². The third-order valence-electron chi connectivity index (χ3n) is 4.30. The fourth-order valence-corrected chi connectivity index (χ4v) is 2.96. The van der Waals surface area contributed by atoms with Gasteiger partial charge < -0.3 is 10.2 Å². The summed E-state index contributed by atoms with van der Waals surface area (Å²) in [5, 5.41) is 3.36. The number of carbonyl (C=O) groups excluding carboxylic acids is 1. The minimum absolute atomic E-state index is 0.241. The molecule has 102 valence electrons. The van der Waals surface area contributed by atoms with Crippen LogP contribution in [0.3, 0.4) is 0 Å². The monoisotopic (exact) mass is 250 g/mol. The van der Waals surface area contributed by atoms with E-state index in [4.69, 9.17) is 0 Å². The maximum atomic E-state index is 12.5. The van der Waals surface area contributed by atoms with Crippen LogP contribution in [0, 0.1) is 5.41 Å². The lowest BCUT2D eigenvalue weighted by molar-refractivity contribution is -0.136. The second-order valence-electron chi connectivity index (χ2n) is 6.84. The molecule has 0 spiro atoms. The van der Waals surface area contributed by atoms with Gasteiger partial charge in [0.1, 0.15) is 0 Å². The number of rotatable bonds is 1. The molecule has 0 saturated carbocycles. The second-order valence-corrected chi connectivity index (χ2v) is 6.84. The topological polar surface area (TPSA) is 32.3 Å². The van der Waals surface area contributed by atoms with Gasteiger partial charge in [0.2, 0.25) is 5.91 Å². The zero-order chi connectivity index (χ0) is 13.4. The largest absolute Gasteiger partial charge is 0.337 e. The second kappa shape index (κ2) is 4.69. The van der Waals surface area contributed by atoms with Crippen LogP contribution in [0.2, 0.25) is 0 Å².